The summed E-state index contributed by atoms with van der Waals surface area (Å²) < 4.78 is 2.21. The fraction of sp³-hybridized carbons (Fsp3) is 0.0476. The van der Waals surface area contributed by atoms with Crippen molar-refractivity contribution in [2.24, 2.45) is 0 Å². The smallest absolute Gasteiger partial charge is 0.205 e. The molecular weight excluding hydrogens is 314 g/mol. The Bertz CT molecular complexity index is 917. The first-order chi connectivity index (χ1) is 11.8. The van der Waals surface area contributed by atoms with Crippen LogP contribution in [0.15, 0.2) is 83.8 Å². The summed E-state index contributed by atoms with van der Waals surface area (Å²) in [4.78, 5) is 13.9. The van der Waals surface area contributed by atoms with Crippen LogP contribution in [0.3, 0.4) is 0 Å². The quantitative estimate of drug-likeness (QED) is 0.510. The molecule has 3 aromatic rings. The molecule has 0 aromatic heterocycles. The van der Waals surface area contributed by atoms with Gasteiger partial charge in [-0.05, 0) is 12.1 Å². The van der Waals surface area contributed by atoms with Crippen LogP contribution in [0.1, 0.15) is 21.5 Å². The Morgan fingerprint density at radius 2 is 1.54 bits per heavy atom. The number of carbonyl (C=O) groups is 1. The Labute approximate surface area is 145 Å². The Hall–Kier alpha value is -2.65. The highest BCUT2D eigenvalue weighted by atomic mass is 32.2. The van der Waals surface area contributed by atoms with E-state index >= 15 is 0 Å². The number of ketones is 1. The summed E-state index contributed by atoms with van der Waals surface area (Å²) in [5.74, 6) is 0.886. The van der Waals surface area contributed by atoms with Gasteiger partial charge in [-0.2, -0.15) is 4.58 Å². The maximum absolute atomic E-state index is 12.8. The van der Waals surface area contributed by atoms with E-state index in [0.717, 1.165) is 33.2 Å². The maximum atomic E-state index is 12.8. The van der Waals surface area contributed by atoms with Crippen LogP contribution in [0.2, 0.25) is 0 Å². The van der Waals surface area contributed by atoms with Gasteiger partial charge >= 0.3 is 0 Å². The first-order valence-electron chi connectivity index (χ1n) is 7.85. The molecule has 0 unspecified atom stereocenters. The van der Waals surface area contributed by atoms with Crippen molar-refractivity contribution in [2.45, 2.75) is 4.90 Å². The average molecular weight is 330 g/mol. The van der Waals surface area contributed by atoms with Crippen LogP contribution in [0.25, 0.3) is 0 Å². The fourth-order valence-corrected chi connectivity index (χ4v) is 3.94. The molecule has 24 heavy (non-hydrogen) atoms. The lowest BCUT2D eigenvalue weighted by atomic mass is 10.0. The Morgan fingerprint density at radius 1 is 0.833 bits per heavy atom. The van der Waals surface area contributed by atoms with E-state index < -0.39 is 0 Å². The van der Waals surface area contributed by atoms with Crippen LogP contribution in [0.4, 0.5) is 5.69 Å². The number of benzene rings is 3. The second-order valence-electron chi connectivity index (χ2n) is 5.63. The highest BCUT2D eigenvalue weighted by molar-refractivity contribution is 7.99. The van der Waals surface area contributed by atoms with Gasteiger partial charge in [-0.25, -0.2) is 0 Å². The summed E-state index contributed by atoms with van der Waals surface area (Å²) in [5, 5.41) is 0. The predicted octanol–water partition coefficient (Wildman–Crippen LogP) is 4.74. The van der Waals surface area contributed by atoms with Gasteiger partial charge in [0.2, 0.25) is 5.69 Å². The monoisotopic (exact) mass is 330 g/mol. The third kappa shape index (κ3) is 2.79. The molecule has 0 bridgehead atoms. The first-order valence-corrected chi connectivity index (χ1v) is 8.83. The standard InChI is InChI=1S/C21H16NOS/c23-20(16-8-3-1-4-9-16)19-13-7-10-17-14-22(15-24-21(17)19)18-11-5-2-6-12-18/h1-14H,15H2/q+1. The highest BCUT2D eigenvalue weighted by Gasteiger charge is 2.23. The zero-order valence-electron chi connectivity index (χ0n) is 13.1. The molecule has 2 nitrogen and oxygen atoms in total. The van der Waals surface area contributed by atoms with E-state index in [4.69, 9.17) is 0 Å². The minimum atomic E-state index is 0.0847. The zero-order chi connectivity index (χ0) is 16.4. The lowest BCUT2D eigenvalue weighted by molar-refractivity contribution is -0.411. The molecule has 3 aromatic carbocycles. The first kappa shape index (κ1) is 14.9. The summed E-state index contributed by atoms with van der Waals surface area (Å²) in [5.41, 5.74) is 3.77. The minimum absolute atomic E-state index is 0.0847. The third-order valence-corrected chi connectivity index (χ3v) is 5.21. The molecule has 1 aliphatic heterocycles. The van der Waals surface area contributed by atoms with E-state index in [1.165, 1.54) is 0 Å². The van der Waals surface area contributed by atoms with Crippen molar-refractivity contribution in [3.8, 4) is 0 Å². The number of para-hydroxylation sites is 1. The van der Waals surface area contributed by atoms with Gasteiger partial charge in [-0.3, -0.25) is 4.79 Å². The summed E-state index contributed by atoms with van der Waals surface area (Å²) in [6.45, 7) is 0. The Kier molecular flexibility index (Phi) is 4.01. The van der Waals surface area contributed by atoms with Gasteiger partial charge < -0.3 is 0 Å². The number of thioether (sulfide) groups is 1. The molecular formula is C21H16NOS+. The van der Waals surface area contributed by atoms with Crippen LogP contribution in [0, 0.1) is 0 Å². The van der Waals surface area contributed by atoms with Gasteiger partial charge in [-0.1, -0.05) is 66.4 Å². The van der Waals surface area contributed by atoms with E-state index in [0.29, 0.717) is 0 Å². The number of rotatable bonds is 3. The zero-order valence-corrected chi connectivity index (χ0v) is 13.9. The van der Waals surface area contributed by atoms with Crippen LogP contribution >= 0.6 is 11.8 Å². The summed E-state index contributed by atoms with van der Waals surface area (Å²) >= 11 is 1.72. The predicted molar refractivity (Wildman–Crippen MR) is 98.6 cm³/mol. The molecule has 0 aliphatic carbocycles. The van der Waals surface area contributed by atoms with Crippen molar-refractivity contribution in [3.63, 3.8) is 0 Å². The fourth-order valence-electron chi connectivity index (χ4n) is 2.85. The molecule has 1 aliphatic rings. The molecule has 0 N–H and O–H groups in total. The van der Waals surface area contributed by atoms with Crippen molar-refractivity contribution in [1.82, 2.24) is 0 Å². The van der Waals surface area contributed by atoms with Crippen molar-refractivity contribution in [1.29, 1.82) is 0 Å². The summed E-state index contributed by atoms with van der Waals surface area (Å²) in [6.07, 6.45) is 2.13. The van der Waals surface area contributed by atoms with Crippen LogP contribution < -0.4 is 0 Å². The van der Waals surface area contributed by atoms with Gasteiger partial charge in [0.05, 0.1) is 5.56 Å². The topological polar surface area (TPSA) is 20.1 Å². The Morgan fingerprint density at radius 3 is 2.29 bits per heavy atom. The molecule has 0 saturated heterocycles. The minimum Gasteiger partial charge on any atom is -0.289 e. The van der Waals surface area contributed by atoms with Crippen LogP contribution in [-0.4, -0.2) is 22.5 Å². The number of hydrogen-bond donors (Lipinski definition) is 0. The molecule has 0 radical (unpaired) electrons. The molecule has 0 spiro atoms. The highest BCUT2D eigenvalue weighted by Crippen LogP contribution is 2.32. The van der Waals surface area contributed by atoms with E-state index in [2.05, 4.69) is 29.0 Å². The van der Waals surface area contributed by atoms with Gasteiger partial charge in [0.15, 0.2) is 17.9 Å². The normalized spacial score (nSPS) is 13.1. The number of nitrogens with zero attached hydrogens (tertiary/aromatic N) is 1. The van der Waals surface area contributed by atoms with E-state index in [1.807, 2.05) is 60.7 Å². The molecule has 0 amide bonds. The molecule has 116 valence electrons. The van der Waals surface area contributed by atoms with E-state index in [-0.39, 0.29) is 5.78 Å². The average Bonchev–Trinajstić information content (AvgIpc) is 2.68. The van der Waals surface area contributed by atoms with Gasteiger partial charge in [0, 0.05) is 28.2 Å². The summed E-state index contributed by atoms with van der Waals surface area (Å²) in [7, 11) is 0. The SMILES string of the molecule is O=C(c1ccccc1)c1cccc2c1SC[N+](c1ccccc1)=C2. The van der Waals surface area contributed by atoms with Crippen molar-refractivity contribution in [2.75, 3.05) is 5.88 Å². The second kappa shape index (κ2) is 6.46. The van der Waals surface area contributed by atoms with Crippen LogP contribution in [0.5, 0.6) is 0 Å². The molecule has 3 heteroatoms. The van der Waals surface area contributed by atoms with Gasteiger partial charge in [0.1, 0.15) is 0 Å². The number of fused-ring (bicyclic) bond motifs is 1. The van der Waals surface area contributed by atoms with Crippen molar-refractivity contribution < 1.29 is 9.37 Å². The number of hydrogen-bond acceptors (Lipinski definition) is 2. The van der Waals surface area contributed by atoms with Gasteiger partial charge in [0.25, 0.3) is 0 Å². The largest absolute Gasteiger partial charge is 0.289 e. The number of carbonyl (C=O) groups excluding carboxylic acids is 1. The molecule has 0 saturated carbocycles. The molecule has 0 fully saturated rings. The lowest BCUT2D eigenvalue weighted by Crippen LogP contribution is -2.15. The molecule has 4 rings (SSSR count). The van der Waals surface area contributed by atoms with Crippen molar-refractivity contribution in [3.05, 3.63) is 95.6 Å². The lowest BCUT2D eigenvalue weighted by Gasteiger charge is -2.15. The third-order valence-electron chi connectivity index (χ3n) is 4.06. The van der Waals surface area contributed by atoms with Crippen molar-refractivity contribution >= 4 is 29.4 Å². The van der Waals surface area contributed by atoms with Gasteiger partial charge in [-0.15, -0.1) is 0 Å². The maximum Gasteiger partial charge on any atom is 0.205 e. The summed E-state index contributed by atoms with van der Waals surface area (Å²) in [6, 6.07) is 25.7. The Balaban J connectivity index is 1.75. The van der Waals surface area contributed by atoms with Crippen LogP contribution in [-0.2, 0) is 0 Å². The van der Waals surface area contributed by atoms with E-state index in [1.54, 1.807) is 11.8 Å². The second-order valence-corrected chi connectivity index (χ2v) is 6.58. The molecule has 0 atom stereocenters. The van der Waals surface area contributed by atoms with E-state index in [9.17, 15) is 4.79 Å². The molecule has 1 heterocycles.